The van der Waals surface area contributed by atoms with Gasteiger partial charge >= 0.3 is 0 Å². The molecule has 0 aliphatic carbocycles. The van der Waals surface area contributed by atoms with Gasteiger partial charge in [-0.1, -0.05) is 49.7 Å². The highest BCUT2D eigenvalue weighted by Crippen LogP contribution is 2.29. The van der Waals surface area contributed by atoms with Crippen LogP contribution in [0.2, 0.25) is 0 Å². The largest absolute Gasteiger partial charge is 0.318 e. The zero-order valence-electron chi connectivity index (χ0n) is 11.6. The predicted octanol–water partition coefficient (Wildman–Crippen LogP) is 4.87. The third kappa shape index (κ3) is 2.06. The quantitative estimate of drug-likeness (QED) is 0.624. The summed E-state index contributed by atoms with van der Waals surface area (Å²) in [5, 5.41) is 0. The van der Waals surface area contributed by atoms with Gasteiger partial charge in [0.1, 0.15) is 0 Å². The minimum absolute atomic E-state index is 1.11. The normalized spacial score (nSPS) is 11.1. The smallest absolute Gasteiger partial charge is 0.0462 e. The van der Waals surface area contributed by atoms with Crippen molar-refractivity contribution in [1.82, 2.24) is 4.40 Å². The topological polar surface area (TPSA) is 4.41 Å². The predicted molar refractivity (Wildman–Crippen MR) is 81.6 cm³/mol. The van der Waals surface area contributed by atoms with Crippen molar-refractivity contribution in [3.05, 3.63) is 66.0 Å². The van der Waals surface area contributed by atoms with Crippen LogP contribution in [0.4, 0.5) is 0 Å². The van der Waals surface area contributed by atoms with Gasteiger partial charge in [-0.25, -0.2) is 0 Å². The molecule has 0 N–H and O–H groups in total. The van der Waals surface area contributed by atoms with Crippen molar-refractivity contribution in [3.8, 4) is 11.1 Å². The minimum atomic E-state index is 1.11. The average Bonchev–Trinajstić information content (AvgIpc) is 2.81. The Morgan fingerprint density at radius 1 is 0.947 bits per heavy atom. The molecule has 0 radical (unpaired) electrons. The van der Waals surface area contributed by atoms with Crippen molar-refractivity contribution in [1.29, 1.82) is 0 Å². The van der Waals surface area contributed by atoms with Crippen molar-refractivity contribution >= 4 is 5.52 Å². The number of hydrogen-bond acceptors (Lipinski definition) is 0. The maximum absolute atomic E-state index is 2.39. The summed E-state index contributed by atoms with van der Waals surface area (Å²) in [6.45, 7) is 4.42. The summed E-state index contributed by atoms with van der Waals surface area (Å²) in [7, 11) is 0. The second-order valence-corrected chi connectivity index (χ2v) is 5.05. The van der Waals surface area contributed by atoms with Crippen molar-refractivity contribution in [3.63, 3.8) is 0 Å². The first-order valence-electron chi connectivity index (χ1n) is 6.96. The average molecular weight is 249 g/mol. The molecule has 2 heterocycles. The Labute approximate surface area is 114 Å². The molecule has 0 bridgehead atoms. The zero-order valence-corrected chi connectivity index (χ0v) is 11.6. The van der Waals surface area contributed by atoms with Gasteiger partial charge in [-0.3, -0.25) is 0 Å². The van der Waals surface area contributed by atoms with Crippen LogP contribution in [0, 0.1) is 6.92 Å². The molecule has 0 saturated carbocycles. The molecule has 0 fully saturated rings. The molecule has 3 rings (SSSR count). The third-order valence-corrected chi connectivity index (χ3v) is 3.66. The summed E-state index contributed by atoms with van der Waals surface area (Å²) in [5.41, 5.74) is 6.72. The van der Waals surface area contributed by atoms with Crippen LogP contribution >= 0.6 is 0 Å². The molecule has 0 unspecified atom stereocenters. The lowest BCUT2D eigenvalue weighted by Crippen LogP contribution is -1.97. The van der Waals surface area contributed by atoms with Gasteiger partial charge in [-0.05, 0) is 37.1 Å². The fourth-order valence-electron chi connectivity index (χ4n) is 2.82. The van der Waals surface area contributed by atoms with Crippen LogP contribution in [0.25, 0.3) is 16.6 Å². The summed E-state index contributed by atoms with van der Waals surface area (Å²) >= 11 is 0. The number of aryl methyl sites for hydroxylation is 2. The van der Waals surface area contributed by atoms with Crippen LogP contribution in [-0.4, -0.2) is 4.40 Å². The first-order valence-corrected chi connectivity index (χ1v) is 6.96. The van der Waals surface area contributed by atoms with Gasteiger partial charge in [0, 0.05) is 22.5 Å². The molecule has 1 aromatic carbocycles. The van der Waals surface area contributed by atoms with Gasteiger partial charge in [0.05, 0.1) is 0 Å². The van der Waals surface area contributed by atoms with E-state index in [1.807, 2.05) is 0 Å². The van der Waals surface area contributed by atoms with Crippen molar-refractivity contribution in [2.45, 2.75) is 26.7 Å². The van der Waals surface area contributed by atoms with Crippen LogP contribution in [-0.2, 0) is 6.42 Å². The lowest BCUT2D eigenvalue weighted by Gasteiger charge is -2.08. The number of nitrogens with zero attached hydrogens (tertiary/aromatic N) is 1. The second-order valence-electron chi connectivity index (χ2n) is 5.05. The Balaban J connectivity index is 2.30. The highest BCUT2D eigenvalue weighted by atomic mass is 14.9. The van der Waals surface area contributed by atoms with Crippen molar-refractivity contribution in [2.24, 2.45) is 0 Å². The van der Waals surface area contributed by atoms with Gasteiger partial charge in [0.25, 0.3) is 0 Å². The highest BCUT2D eigenvalue weighted by Gasteiger charge is 2.12. The number of hydrogen-bond donors (Lipinski definition) is 0. The van der Waals surface area contributed by atoms with Crippen LogP contribution < -0.4 is 0 Å². The lowest BCUT2D eigenvalue weighted by molar-refractivity contribution is 0.858. The van der Waals surface area contributed by atoms with E-state index < -0.39 is 0 Å². The van der Waals surface area contributed by atoms with Crippen LogP contribution in [0.5, 0.6) is 0 Å². The second kappa shape index (κ2) is 4.93. The van der Waals surface area contributed by atoms with E-state index in [1.54, 1.807) is 0 Å². The van der Waals surface area contributed by atoms with E-state index in [4.69, 9.17) is 0 Å². The van der Waals surface area contributed by atoms with E-state index >= 15 is 0 Å². The molecule has 0 aliphatic rings. The van der Waals surface area contributed by atoms with E-state index in [-0.39, 0.29) is 0 Å². The molecule has 96 valence electrons. The summed E-state index contributed by atoms with van der Waals surface area (Å²) in [5.74, 6) is 0. The summed E-state index contributed by atoms with van der Waals surface area (Å²) in [6, 6.07) is 19.5. The molecular formula is C18H19N. The first-order chi connectivity index (χ1) is 9.31. The molecule has 0 spiro atoms. The van der Waals surface area contributed by atoms with Crippen LogP contribution in [0.1, 0.15) is 24.7 Å². The number of benzene rings is 1. The minimum Gasteiger partial charge on any atom is -0.318 e. The van der Waals surface area contributed by atoms with Gasteiger partial charge in [0.2, 0.25) is 0 Å². The number of pyridine rings is 1. The fourth-order valence-corrected chi connectivity index (χ4v) is 2.82. The fraction of sp³-hybridized carbons (Fsp3) is 0.222. The van der Waals surface area contributed by atoms with Crippen molar-refractivity contribution < 1.29 is 0 Å². The summed E-state index contributed by atoms with van der Waals surface area (Å²) in [4.78, 5) is 0. The molecule has 0 saturated heterocycles. The molecular weight excluding hydrogens is 230 g/mol. The number of fused-ring (bicyclic) bond motifs is 1. The highest BCUT2D eigenvalue weighted by molar-refractivity contribution is 5.74. The summed E-state index contributed by atoms with van der Waals surface area (Å²) in [6.07, 6.45) is 2.28. The van der Waals surface area contributed by atoms with Crippen LogP contribution in [0.3, 0.4) is 0 Å². The van der Waals surface area contributed by atoms with Crippen LogP contribution in [0.15, 0.2) is 54.6 Å². The van der Waals surface area contributed by atoms with E-state index in [0.717, 1.165) is 6.42 Å². The van der Waals surface area contributed by atoms with Gasteiger partial charge in [-0.2, -0.15) is 0 Å². The number of rotatable bonds is 3. The zero-order chi connectivity index (χ0) is 13.2. The Bertz CT molecular complexity index is 692. The number of aromatic nitrogens is 1. The third-order valence-electron chi connectivity index (χ3n) is 3.66. The maximum atomic E-state index is 2.39. The molecule has 3 aromatic rings. The molecule has 1 nitrogen and oxygen atoms in total. The van der Waals surface area contributed by atoms with E-state index in [1.165, 1.54) is 34.5 Å². The molecule has 1 heteroatoms. The van der Waals surface area contributed by atoms with Crippen molar-refractivity contribution in [2.75, 3.05) is 0 Å². The Kier molecular flexibility index (Phi) is 3.12. The SMILES string of the molecule is CCCc1c(-c2ccccc2)cc2cccc(C)n12. The standard InChI is InChI=1S/C18H19N/c1-3-8-18-17(15-10-5-4-6-11-15)13-16-12-7-9-14(2)19(16)18/h4-7,9-13H,3,8H2,1-2H3. The van der Waals surface area contributed by atoms with Gasteiger partial charge < -0.3 is 4.40 Å². The molecule has 0 atom stereocenters. The molecule has 0 aliphatic heterocycles. The van der Waals surface area contributed by atoms with E-state index in [0.29, 0.717) is 0 Å². The Hall–Kier alpha value is -2.02. The van der Waals surface area contributed by atoms with Gasteiger partial charge in [0.15, 0.2) is 0 Å². The summed E-state index contributed by atoms with van der Waals surface area (Å²) < 4.78 is 2.39. The molecule has 19 heavy (non-hydrogen) atoms. The van der Waals surface area contributed by atoms with E-state index in [9.17, 15) is 0 Å². The Morgan fingerprint density at radius 3 is 2.47 bits per heavy atom. The monoisotopic (exact) mass is 249 g/mol. The maximum Gasteiger partial charge on any atom is 0.0462 e. The molecule has 0 amide bonds. The van der Waals surface area contributed by atoms with E-state index in [2.05, 4.69) is 72.8 Å². The lowest BCUT2D eigenvalue weighted by atomic mass is 10.0. The first kappa shape index (κ1) is 12.0. The molecule has 2 aromatic heterocycles. The Morgan fingerprint density at radius 2 is 1.74 bits per heavy atom. The van der Waals surface area contributed by atoms with Gasteiger partial charge in [-0.15, -0.1) is 0 Å².